The van der Waals surface area contributed by atoms with Gasteiger partial charge in [0.05, 0.1) is 0 Å². The quantitative estimate of drug-likeness (QED) is 0.315. The Bertz CT molecular complexity index is 985. The Balaban J connectivity index is 1.94. The van der Waals surface area contributed by atoms with Crippen molar-refractivity contribution in [3.8, 4) is 11.5 Å². The van der Waals surface area contributed by atoms with E-state index in [1.165, 1.54) is 0 Å². The average molecular weight is 414 g/mol. The van der Waals surface area contributed by atoms with Crippen molar-refractivity contribution in [1.29, 1.82) is 0 Å². The first kappa shape index (κ1) is 22.4. The minimum atomic E-state index is 0.250. The molecule has 160 valence electrons. The zero-order chi connectivity index (χ0) is 22.1. The van der Waals surface area contributed by atoms with Crippen LogP contribution >= 0.6 is 0 Å². The minimum absolute atomic E-state index is 0.250. The number of aromatic hydroxyl groups is 1. The minimum Gasteiger partial charge on any atom is -0.508 e. The van der Waals surface area contributed by atoms with E-state index in [1.807, 2.05) is 48.5 Å². The molecule has 31 heavy (non-hydrogen) atoms. The Morgan fingerprint density at radius 2 is 1.42 bits per heavy atom. The third-order valence-corrected chi connectivity index (χ3v) is 5.43. The van der Waals surface area contributed by atoms with E-state index in [0.29, 0.717) is 6.61 Å². The van der Waals surface area contributed by atoms with Crippen LogP contribution in [0.4, 0.5) is 0 Å². The lowest BCUT2D eigenvalue weighted by Crippen LogP contribution is -2.27. The zero-order valence-electron chi connectivity index (χ0n) is 18.4. The molecule has 0 bridgehead atoms. The molecule has 0 amide bonds. The number of rotatable bonds is 10. The number of allylic oxidation sites excluding steroid dienone is 2. The normalized spacial score (nSPS) is 11.8. The monoisotopic (exact) mass is 413 g/mol. The van der Waals surface area contributed by atoms with Crippen molar-refractivity contribution in [3.05, 3.63) is 108 Å². The maximum absolute atomic E-state index is 9.76. The summed E-state index contributed by atoms with van der Waals surface area (Å²) in [5.41, 5.74) is 5.30. The van der Waals surface area contributed by atoms with Gasteiger partial charge in [0.15, 0.2) is 0 Å². The first-order chi connectivity index (χ1) is 15.2. The van der Waals surface area contributed by atoms with Gasteiger partial charge in [-0.3, -0.25) is 0 Å². The number of ether oxygens (including phenoxy) is 1. The predicted molar refractivity (Wildman–Crippen MR) is 130 cm³/mol. The van der Waals surface area contributed by atoms with E-state index >= 15 is 0 Å². The molecule has 0 saturated carbocycles. The average Bonchev–Trinajstić information content (AvgIpc) is 2.82. The van der Waals surface area contributed by atoms with E-state index < -0.39 is 0 Å². The largest absolute Gasteiger partial charge is 0.508 e. The van der Waals surface area contributed by atoms with Crippen molar-refractivity contribution in [3.63, 3.8) is 0 Å². The molecular weight excluding hydrogens is 382 g/mol. The van der Waals surface area contributed by atoms with Gasteiger partial charge >= 0.3 is 0 Å². The van der Waals surface area contributed by atoms with Gasteiger partial charge in [-0.25, -0.2) is 0 Å². The summed E-state index contributed by atoms with van der Waals surface area (Å²) in [7, 11) is 0. The standard InChI is InChI=1S/C28H31NO2/c1-4-27(22-10-8-7-9-11-22)28(23-12-16-25(30)17-13-23)24-14-18-26(19-15-24)31-21-20-29(5-2)6-3/h4,7-19,30H,1,5-6,20-21H2,2-3H3/b28-27-. The molecule has 0 atom stereocenters. The molecule has 0 heterocycles. The number of phenolic OH excluding ortho intramolecular Hbond substituents is 1. The summed E-state index contributed by atoms with van der Waals surface area (Å²) in [6.45, 7) is 12.1. The molecule has 0 saturated heterocycles. The first-order valence-corrected chi connectivity index (χ1v) is 10.8. The summed E-state index contributed by atoms with van der Waals surface area (Å²) in [6.07, 6.45) is 1.89. The Hall–Kier alpha value is -3.30. The SMILES string of the molecule is C=C/C(=C(\c1ccc(O)cc1)c1ccc(OCCN(CC)CC)cc1)c1ccccc1. The summed E-state index contributed by atoms with van der Waals surface area (Å²) in [6, 6.07) is 25.7. The van der Waals surface area contributed by atoms with Gasteiger partial charge in [-0.05, 0) is 65.2 Å². The second-order valence-corrected chi connectivity index (χ2v) is 7.31. The van der Waals surface area contributed by atoms with E-state index in [1.54, 1.807) is 12.1 Å². The lowest BCUT2D eigenvalue weighted by Gasteiger charge is -2.18. The van der Waals surface area contributed by atoms with Crippen molar-refractivity contribution in [2.75, 3.05) is 26.2 Å². The maximum atomic E-state index is 9.76. The highest BCUT2D eigenvalue weighted by Crippen LogP contribution is 2.34. The third-order valence-electron chi connectivity index (χ3n) is 5.43. The smallest absolute Gasteiger partial charge is 0.119 e. The van der Waals surface area contributed by atoms with Crippen molar-refractivity contribution >= 4 is 11.1 Å². The van der Waals surface area contributed by atoms with E-state index in [4.69, 9.17) is 4.74 Å². The number of hydrogen-bond donors (Lipinski definition) is 1. The molecule has 0 spiro atoms. The topological polar surface area (TPSA) is 32.7 Å². The van der Waals surface area contributed by atoms with Crippen LogP contribution in [0.5, 0.6) is 11.5 Å². The molecule has 3 aromatic carbocycles. The summed E-state index contributed by atoms with van der Waals surface area (Å²) in [5.74, 6) is 1.11. The molecular formula is C28H31NO2. The molecule has 3 rings (SSSR count). The van der Waals surface area contributed by atoms with Crippen molar-refractivity contribution < 1.29 is 9.84 Å². The van der Waals surface area contributed by atoms with E-state index in [0.717, 1.165) is 53.2 Å². The molecule has 0 radical (unpaired) electrons. The summed E-state index contributed by atoms with van der Waals surface area (Å²) in [4.78, 5) is 2.34. The fourth-order valence-electron chi connectivity index (χ4n) is 3.64. The molecule has 3 heteroatoms. The van der Waals surface area contributed by atoms with Crippen molar-refractivity contribution in [1.82, 2.24) is 4.90 Å². The summed E-state index contributed by atoms with van der Waals surface area (Å²) < 4.78 is 5.96. The molecule has 1 N–H and O–H groups in total. The Morgan fingerprint density at radius 3 is 1.97 bits per heavy atom. The zero-order valence-corrected chi connectivity index (χ0v) is 18.4. The van der Waals surface area contributed by atoms with Gasteiger partial charge < -0.3 is 14.7 Å². The third kappa shape index (κ3) is 5.87. The van der Waals surface area contributed by atoms with Crippen LogP contribution in [-0.4, -0.2) is 36.2 Å². The molecule has 0 aliphatic carbocycles. The molecule has 0 aliphatic heterocycles. The lowest BCUT2D eigenvalue weighted by atomic mass is 9.89. The van der Waals surface area contributed by atoms with Crippen molar-refractivity contribution in [2.45, 2.75) is 13.8 Å². The van der Waals surface area contributed by atoms with Gasteiger partial charge in [0.1, 0.15) is 18.1 Å². The summed E-state index contributed by atoms with van der Waals surface area (Å²) in [5, 5.41) is 9.76. The molecule has 0 fully saturated rings. The Kier molecular flexibility index (Phi) is 8.08. The maximum Gasteiger partial charge on any atom is 0.119 e. The Morgan fingerprint density at radius 1 is 0.839 bits per heavy atom. The van der Waals surface area contributed by atoms with Crippen LogP contribution in [0.2, 0.25) is 0 Å². The molecule has 0 aliphatic rings. The van der Waals surface area contributed by atoms with Gasteiger partial charge in [-0.15, -0.1) is 0 Å². The highest BCUT2D eigenvalue weighted by Gasteiger charge is 2.12. The van der Waals surface area contributed by atoms with Crippen LogP contribution < -0.4 is 4.74 Å². The van der Waals surface area contributed by atoms with Crippen LogP contribution in [0.3, 0.4) is 0 Å². The van der Waals surface area contributed by atoms with Crippen LogP contribution in [0, 0.1) is 0 Å². The van der Waals surface area contributed by atoms with Crippen LogP contribution in [0.25, 0.3) is 11.1 Å². The van der Waals surface area contributed by atoms with E-state index in [-0.39, 0.29) is 5.75 Å². The molecule has 0 aromatic heterocycles. The summed E-state index contributed by atoms with van der Waals surface area (Å²) >= 11 is 0. The number of hydrogen-bond acceptors (Lipinski definition) is 3. The van der Waals surface area contributed by atoms with Gasteiger partial charge in [0.25, 0.3) is 0 Å². The van der Waals surface area contributed by atoms with E-state index in [2.05, 4.69) is 49.6 Å². The van der Waals surface area contributed by atoms with Crippen LogP contribution in [0.1, 0.15) is 30.5 Å². The van der Waals surface area contributed by atoms with Crippen molar-refractivity contribution in [2.24, 2.45) is 0 Å². The molecule has 3 aromatic rings. The van der Waals surface area contributed by atoms with Gasteiger partial charge in [0, 0.05) is 6.54 Å². The van der Waals surface area contributed by atoms with Gasteiger partial charge in [-0.2, -0.15) is 0 Å². The molecule has 3 nitrogen and oxygen atoms in total. The van der Waals surface area contributed by atoms with E-state index in [9.17, 15) is 5.11 Å². The van der Waals surface area contributed by atoms with Crippen LogP contribution in [-0.2, 0) is 0 Å². The van der Waals surface area contributed by atoms with Crippen LogP contribution in [0.15, 0.2) is 91.5 Å². The first-order valence-electron chi connectivity index (χ1n) is 10.8. The fourth-order valence-corrected chi connectivity index (χ4v) is 3.64. The number of likely N-dealkylation sites (N-methyl/N-ethyl adjacent to an activating group) is 1. The lowest BCUT2D eigenvalue weighted by molar-refractivity contribution is 0.223. The second-order valence-electron chi connectivity index (χ2n) is 7.31. The Labute approximate surface area is 185 Å². The number of nitrogens with zero attached hydrogens (tertiary/aromatic N) is 1. The highest BCUT2D eigenvalue weighted by molar-refractivity contribution is 6.02. The number of phenols is 1. The molecule has 0 unspecified atom stereocenters. The second kappa shape index (κ2) is 11.2. The van der Waals surface area contributed by atoms with Gasteiger partial charge in [0.2, 0.25) is 0 Å². The van der Waals surface area contributed by atoms with Gasteiger partial charge in [-0.1, -0.05) is 81.1 Å². The fraction of sp³-hybridized carbons (Fsp3) is 0.214. The highest BCUT2D eigenvalue weighted by atomic mass is 16.5. The number of benzene rings is 3. The predicted octanol–water partition coefficient (Wildman–Crippen LogP) is 6.26.